The van der Waals surface area contributed by atoms with Crippen LogP contribution in [0.5, 0.6) is 0 Å². The van der Waals surface area contributed by atoms with Crippen LogP contribution in [0.2, 0.25) is 0 Å². The lowest BCUT2D eigenvalue weighted by atomic mass is 10.0. The Labute approximate surface area is 248 Å². The van der Waals surface area contributed by atoms with Crippen LogP contribution in [0.1, 0.15) is 38.2 Å². The van der Waals surface area contributed by atoms with E-state index in [0.717, 1.165) is 30.3 Å². The zero-order chi connectivity index (χ0) is 29.1. The van der Waals surface area contributed by atoms with E-state index < -0.39 is 16.0 Å². The minimum absolute atomic E-state index is 0.0559. The summed E-state index contributed by atoms with van der Waals surface area (Å²) in [5.41, 5.74) is 2.56. The van der Waals surface area contributed by atoms with Gasteiger partial charge in [0, 0.05) is 43.4 Å². The number of aliphatic carboxylic acids is 1. The van der Waals surface area contributed by atoms with Gasteiger partial charge < -0.3 is 5.11 Å². The Morgan fingerprint density at radius 1 is 1.20 bits per heavy atom. The summed E-state index contributed by atoms with van der Waals surface area (Å²) < 4.78 is 30.7. The molecule has 214 valence electrons. The second-order valence-electron chi connectivity index (χ2n) is 10.2. The maximum Gasteiger partial charge on any atom is 0.303 e. The molecule has 0 radical (unpaired) electrons. The van der Waals surface area contributed by atoms with Crippen molar-refractivity contribution in [2.45, 2.75) is 37.5 Å². The molecule has 12 heteroatoms. The largest absolute Gasteiger partial charge is 0.481 e. The van der Waals surface area contributed by atoms with Gasteiger partial charge in [-0.2, -0.15) is 9.40 Å². The molecule has 2 aromatic carbocycles. The summed E-state index contributed by atoms with van der Waals surface area (Å²) in [4.78, 5) is 26.1. The SMILES string of the molecule is CC1CCCN(S(=O)(=O)c2cccc(-c3nn(-c4ccccc4)cc3C=C3SC(=S)N(CCCC(=O)O)C3=O)c2)C1. The van der Waals surface area contributed by atoms with Crippen LogP contribution in [0.15, 0.2) is 70.6 Å². The zero-order valence-electron chi connectivity index (χ0n) is 22.5. The maximum atomic E-state index is 13.5. The molecule has 0 spiro atoms. The number of nitrogens with zero attached hydrogens (tertiary/aromatic N) is 4. The lowest BCUT2D eigenvalue weighted by molar-refractivity contribution is -0.137. The first kappa shape index (κ1) is 29.2. The first-order chi connectivity index (χ1) is 19.6. The third-order valence-electron chi connectivity index (χ3n) is 7.06. The predicted molar refractivity (Wildman–Crippen MR) is 163 cm³/mol. The minimum Gasteiger partial charge on any atom is -0.481 e. The molecule has 1 atom stereocenters. The van der Waals surface area contributed by atoms with E-state index in [1.165, 1.54) is 4.90 Å². The Morgan fingerprint density at radius 3 is 2.71 bits per heavy atom. The summed E-state index contributed by atoms with van der Waals surface area (Å²) >= 11 is 6.57. The molecule has 5 rings (SSSR count). The van der Waals surface area contributed by atoms with Crippen LogP contribution < -0.4 is 0 Å². The molecule has 2 fully saturated rings. The highest BCUT2D eigenvalue weighted by Gasteiger charge is 2.33. The fourth-order valence-corrected chi connectivity index (χ4v) is 7.91. The number of thioether (sulfide) groups is 1. The van der Waals surface area contributed by atoms with Crippen molar-refractivity contribution in [3.63, 3.8) is 0 Å². The van der Waals surface area contributed by atoms with Gasteiger partial charge in [-0.15, -0.1) is 0 Å². The van der Waals surface area contributed by atoms with E-state index >= 15 is 0 Å². The summed E-state index contributed by atoms with van der Waals surface area (Å²) in [6.07, 6.45) is 5.60. The zero-order valence-corrected chi connectivity index (χ0v) is 24.9. The molecule has 0 bridgehead atoms. The van der Waals surface area contributed by atoms with Crippen LogP contribution in [-0.4, -0.2) is 68.3 Å². The van der Waals surface area contributed by atoms with E-state index in [1.807, 2.05) is 36.4 Å². The number of carboxylic acids is 1. The molecule has 1 N–H and O–H groups in total. The summed E-state index contributed by atoms with van der Waals surface area (Å²) in [6, 6.07) is 16.3. The first-order valence-electron chi connectivity index (χ1n) is 13.4. The number of carbonyl (C=O) groups is 2. The van der Waals surface area contributed by atoms with Crippen molar-refractivity contribution in [1.82, 2.24) is 19.0 Å². The number of hydrogen-bond donors (Lipinski definition) is 1. The highest BCUT2D eigenvalue weighted by Crippen LogP contribution is 2.36. The van der Waals surface area contributed by atoms with Gasteiger partial charge in [-0.25, -0.2) is 13.1 Å². The Kier molecular flexibility index (Phi) is 8.74. The Balaban J connectivity index is 1.52. The van der Waals surface area contributed by atoms with E-state index in [9.17, 15) is 18.0 Å². The number of rotatable bonds is 9. The van der Waals surface area contributed by atoms with Crippen molar-refractivity contribution in [3.05, 3.63) is 71.3 Å². The molecular formula is C29H30N4O5S3. The lowest BCUT2D eigenvalue weighted by Crippen LogP contribution is -2.39. The van der Waals surface area contributed by atoms with E-state index in [-0.39, 0.29) is 23.8 Å². The summed E-state index contributed by atoms with van der Waals surface area (Å²) in [5.74, 6) is -0.917. The summed E-state index contributed by atoms with van der Waals surface area (Å²) in [5, 5.41) is 13.8. The average molecular weight is 611 g/mol. The molecule has 1 amide bonds. The van der Waals surface area contributed by atoms with Crippen molar-refractivity contribution in [2.24, 2.45) is 5.92 Å². The summed E-state index contributed by atoms with van der Waals surface area (Å²) in [6.45, 7) is 3.28. The molecule has 9 nitrogen and oxygen atoms in total. The maximum absolute atomic E-state index is 13.5. The van der Waals surface area contributed by atoms with Crippen LogP contribution >= 0.6 is 24.0 Å². The summed E-state index contributed by atoms with van der Waals surface area (Å²) in [7, 11) is -3.68. The normalized spacial score (nSPS) is 19.3. The number of aromatic nitrogens is 2. The van der Waals surface area contributed by atoms with Crippen molar-refractivity contribution in [3.8, 4) is 16.9 Å². The van der Waals surface area contributed by atoms with E-state index in [0.29, 0.717) is 51.5 Å². The van der Waals surface area contributed by atoms with E-state index in [4.69, 9.17) is 22.4 Å². The van der Waals surface area contributed by atoms with Gasteiger partial charge in [-0.3, -0.25) is 14.5 Å². The predicted octanol–water partition coefficient (Wildman–Crippen LogP) is 5.03. The topological polar surface area (TPSA) is 113 Å². The highest BCUT2D eigenvalue weighted by atomic mass is 32.2. The average Bonchev–Trinajstić information content (AvgIpc) is 3.50. The van der Waals surface area contributed by atoms with Crippen molar-refractivity contribution < 1.29 is 23.1 Å². The third-order valence-corrected chi connectivity index (χ3v) is 10.3. The van der Waals surface area contributed by atoms with Gasteiger partial charge in [0.2, 0.25) is 10.0 Å². The Morgan fingerprint density at radius 2 is 1.98 bits per heavy atom. The van der Waals surface area contributed by atoms with Gasteiger partial charge in [0.05, 0.1) is 15.5 Å². The fourth-order valence-electron chi connectivity index (χ4n) is 4.97. The standard InChI is InChI=1S/C29H30N4O5S3/c1-20-8-6-14-31(18-20)41(37,38)24-12-5-9-21(16-24)27-22(19-33(30-27)23-10-3-2-4-11-23)17-25-28(36)32(29(39)40-25)15-7-13-26(34)35/h2-5,9-12,16-17,19-20H,6-8,13-15,18H2,1H3,(H,34,35). The number of sulfonamides is 1. The van der Waals surface area contributed by atoms with Gasteiger partial charge >= 0.3 is 5.97 Å². The molecule has 2 aliphatic heterocycles. The molecular weight excluding hydrogens is 581 g/mol. The van der Waals surface area contributed by atoms with Crippen LogP contribution in [0.4, 0.5) is 0 Å². The smallest absolute Gasteiger partial charge is 0.303 e. The van der Waals surface area contributed by atoms with Crippen LogP contribution in [-0.2, 0) is 19.6 Å². The Hall–Kier alpha value is -3.32. The van der Waals surface area contributed by atoms with Crippen LogP contribution in [0.3, 0.4) is 0 Å². The van der Waals surface area contributed by atoms with Gasteiger partial charge in [0.15, 0.2) is 0 Å². The molecule has 2 aliphatic rings. The van der Waals surface area contributed by atoms with Gasteiger partial charge in [0.25, 0.3) is 5.91 Å². The molecule has 3 heterocycles. The first-order valence-corrected chi connectivity index (χ1v) is 16.0. The molecule has 2 saturated heterocycles. The number of benzene rings is 2. The molecule has 1 unspecified atom stereocenters. The number of thiocarbonyl (C=S) groups is 1. The molecule has 3 aromatic rings. The number of para-hydroxylation sites is 1. The monoisotopic (exact) mass is 610 g/mol. The number of piperidine rings is 1. The third kappa shape index (κ3) is 6.45. The lowest BCUT2D eigenvalue weighted by Gasteiger charge is -2.30. The van der Waals surface area contributed by atoms with Crippen LogP contribution in [0, 0.1) is 5.92 Å². The van der Waals surface area contributed by atoms with Crippen LogP contribution in [0.25, 0.3) is 23.0 Å². The highest BCUT2D eigenvalue weighted by molar-refractivity contribution is 8.26. The number of amides is 1. The molecule has 0 saturated carbocycles. The fraction of sp³-hybridized carbons (Fsp3) is 0.310. The minimum atomic E-state index is -3.68. The van der Waals surface area contributed by atoms with E-state index in [1.54, 1.807) is 39.5 Å². The van der Waals surface area contributed by atoms with Crippen molar-refractivity contribution >= 4 is 56.3 Å². The number of carboxylic acid groups (broad SMARTS) is 1. The van der Waals surface area contributed by atoms with Crippen molar-refractivity contribution in [1.29, 1.82) is 0 Å². The molecule has 41 heavy (non-hydrogen) atoms. The van der Waals surface area contributed by atoms with Gasteiger partial charge in [-0.05, 0) is 55.5 Å². The Bertz CT molecular complexity index is 1620. The quantitative estimate of drug-likeness (QED) is 0.265. The molecule has 0 aliphatic carbocycles. The molecule has 1 aromatic heterocycles. The number of carbonyl (C=O) groups excluding carboxylic acids is 1. The second-order valence-corrected chi connectivity index (χ2v) is 13.8. The number of hydrogen-bond acceptors (Lipinski definition) is 7. The van der Waals surface area contributed by atoms with Gasteiger partial charge in [0.1, 0.15) is 10.0 Å². The van der Waals surface area contributed by atoms with Crippen molar-refractivity contribution in [2.75, 3.05) is 19.6 Å². The van der Waals surface area contributed by atoms with E-state index in [2.05, 4.69) is 6.92 Å². The van der Waals surface area contributed by atoms with Gasteiger partial charge in [-0.1, -0.05) is 61.2 Å². The second kappa shape index (κ2) is 12.3.